The average molecular weight is 577 g/mol. The number of hydrogen-bond acceptors (Lipinski definition) is 8. The lowest BCUT2D eigenvalue weighted by Crippen LogP contribution is -2.45. The highest BCUT2D eigenvalue weighted by molar-refractivity contribution is 5.91. The molecule has 2 aliphatic rings. The first-order valence-corrected chi connectivity index (χ1v) is 15.2. The lowest BCUT2D eigenvalue weighted by Gasteiger charge is -2.42. The van der Waals surface area contributed by atoms with Gasteiger partial charge < -0.3 is 24.4 Å². The summed E-state index contributed by atoms with van der Waals surface area (Å²) in [5.74, 6) is -0.817. The minimum absolute atomic E-state index is 0.130. The van der Waals surface area contributed by atoms with Crippen LogP contribution in [0.2, 0.25) is 0 Å². The molecule has 0 radical (unpaired) electrons. The Kier molecular flexibility index (Phi) is 10.8. The third-order valence-electron chi connectivity index (χ3n) is 8.21. The van der Waals surface area contributed by atoms with E-state index in [-0.39, 0.29) is 12.6 Å². The molecule has 0 atom stereocenters. The molecule has 0 saturated carbocycles. The first-order valence-electron chi connectivity index (χ1n) is 15.2. The van der Waals surface area contributed by atoms with E-state index in [0.717, 1.165) is 61.3 Å². The summed E-state index contributed by atoms with van der Waals surface area (Å²) in [6.45, 7) is 9.16. The molecular weight excluding hydrogens is 532 g/mol. The lowest BCUT2D eigenvalue weighted by molar-refractivity contribution is -0.164. The molecule has 226 valence electrons. The van der Waals surface area contributed by atoms with Crippen LogP contribution in [-0.4, -0.2) is 50.7 Å². The molecule has 1 N–H and O–H groups in total. The molecule has 8 heteroatoms. The van der Waals surface area contributed by atoms with Crippen molar-refractivity contribution >= 4 is 23.6 Å². The van der Waals surface area contributed by atoms with Crippen molar-refractivity contribution < 1.29 is 28.6 Å². The first kappa shape index (κ1) is 31.3. The van der Waals surface area contributed by atoms with Crippen LogP contribution in [0.1, 0.15) is 70.4 Å². The largest absolute Gasteiger partial charge is 0.463 e. The number of rotatable bonds is 11. The van der Waals surface area contributed by atoms with Gasteiger partial charge in [-0.1, -0.05) is 56.3 Å². The summed E-state index contributed by atoms with van der Waals surface area (Å²) in [6, 6.07) is 18.2. The number of carbonyl (C=O) groups is 3. The highest BCUT2D eigenvalue weighted by Gasteiger charge is 2.41. The van der Waals surface area contributed by atoms with Crippen molar-refractivity contribution in [2.75, 3.05) is 37.7 Å². The van der Waals surface area contributed by atoms with E-state index in [9.17, 15) is 14.4 Å². The van der Waals surface area contributed by atoms with Gasteiger partial charge in [0.05, 0.1) is 6.61 Å². The van der Waals surface area contributed by atoms with E-state index in [2.05, 4.69) is 48.3 Å². The third-order valence-corrected chi connectivity index (χ3v) is 8.21. The Balaban J connectivity index is 1.46. The van der Waals surface area contributed by atoms with Crippen LogP contribution in [0.4, 0.5) is 5.69 Å². The quantitative estimate of drug-likeness (QED) is 0.216. The third kappa shape index (κ3) is 8.00. The van der Waals surface area contributed by atoms with Crippen molar-refractivity contribution in [1.29, 1.82) is 0 Å². The van der Waals surface area contributed by atoms with Crippen LogP contribution < -0.4 is 10.2 Å². The minimum Gasteiger partial charge on any atom is -0.463 e. The highest BCUT2D eigenvalue weighted by atomic mass is 16.6. The molecule has 2 aliphatic heterocycles. The first-order chi connectivity index (χ1) is 20.2. The van der Waals surface area contributed by atoms with Crippen LogP contribution in [0.25, 0.3) is 0 Å². The molecule has 8 nitrogen and oxygen atoms in total. The molecular formula is C34H44N2O6. The van der Waals surface area contributed by atoms with E-state index >= 15 is 0 Å². The number of nitrogens with zero attached hydrogens (tertiary/aromatic N) is 1. The van der Waals surface area contributed by atoms with Gasteiger partial charge in [0, 0.05) is 63.0 Å². The van der Waals surface area contributed by atoms with Gasteiger partial charge in [-0.15, -0.1) is 0 Å². The number of piperidine rings is 2. The van der Waals surface area contributed by atoms with Crippen LogP contribution >= 0.6 is 0 Å². The van der Waals surface area contributed by atoms with Crippen LogP contribution in [0.5, 0.6) is 0 Å². The Morgan fingerprint density at radius 1 is 0.833 bits per heavy atom. The van der Waals surface area contributed by atoms with E-state index in [4.69, 9.17) is 14.2 Å². The van der Waals surface area contributed by atoms with Gasteiger partial charge in [0.25, 0.3) is 0 Å². The zero-order valence-corrected chi connectivity index (χ0v) is 25.1. The normalized spacial score (nSPS) is 18.0. The van der Waals surface area contributed by atoms with Crippen molar-refractivity contribution in [3.8, 4) is 0 Å². The fourth-order valence-electron chi connectivity index (χ4n) is 5.80. The number of carbonyl (C=O) groups excluding carboxylic acids is 3. The maximum atomic E-state index is 12.8. The van der Waals surface area contributed by atoms with Gasteiger partial charge in [0.15, 0.2) is 0 Å². The van der Waals surface area contributed by atoms with Crippen molar-refractivity contribution in [2.45, 2.75) is 70.5 Å². The average Bonchev–Trinajstić information content (AvgIpc) is 3.00. The van der Waals surface area contributed by atoms with Crippen molar-refractivity contribution in [2.24, 2.45) is 5.92 Å². The Hall–Kier alpha value is -3.65. The molecule has 42 heavy (non-hydrogen) atoms. The lowest BCUT2D eigenvalue weighted by atomic mass is 9.83. The second-order valence-electron chi connectivity index (χ2n) is 11.6. The number of esters is 3. The summed E-state index contributed by atoms with van der Waals surface area (Å²) in [5.41, 5.74) is 1.64. The second kappa shape index (κ2) is 14.5. The number of ether oxygens (including phenoxy) is 3. The standard InChI is InChI=1S/C34H44N2O6/c1-4-40-30(37)16-17-32(39)42-34(27-8-6-5-7-9-27)20-24-36(25-21-34)29-13-11-28(12-14-29)33(18-22-35-23-19-33)41-31(38)15-10-26(2)3/h5-9,11-14,16-17,26,35H,4,10,15,18-25H2,1-3H3/b17-16-. The summed E-state index contributed by atoms with van der Waals surface area (Å²) in [5, 5.41) is 3.39. The number of benzene rings is 2. The monoisotopic (exact) mass is 576 g/mol. The zero-order chi connectivity index (χ0) is 30.0. The molecule has 0 unspecified atom stereocenters. The summed E-state index contributed by atoms with van der Waals surface area (Å²) in [6.07, 6.45) is 6.20. The molecule has 2 aromatic carbocycles. The molecule has 0 amide bonds. The van der Waals surface area contributed by atoms with E-state index in [1.165, 1.54) is 0 Å². The number of hydrogen-bond donors (Lipinski definition) is 1. The predicted molar refractivity (Wildman–Crippen MR) is 162 cm³/mol. The molecule has 2 aromatic rings. The summed E-state index contributed by atoms with van der Waals surface area (Å²) in [7, 11) is 0. The molecule has 4 rings (SSSR count). The summed E-state index contributed by atoms with van der Waals surface area (Å²) < 4.78 is 17.1. The number of nitrogens with one attached hydrogen (secondary N) is 1. The Morgan fingerprint density at radius 3 is 2.05 bits per heavy atom. The molecule has 2 heterocycles. The van der Waals surface area contributed by atoms with Crippen LogP contribution in [0.3, 0.4) is 0 Å². The van der Waals surface area contributed by atoms with Crippen LogP contribution in [-0.2, 0) is 39.8 Å². The van der Waals surface area contributed by atoms with Gasteiger partial charge in [-0.25, -0.2) is 9.59 Å². The molecule has 2 fully saturated rings. The minimum atomic E-state index is -0.795. The Morgan fingerprint density at radius 2 is 1.43 bits per heavy atom. The van der Waals surface area contributed by atoms with Gasteiger partial charge >= 0.3 is 17.9 Å². The smallest absolute Gasteiger partial charge is 0.331 e. The number of anilines is 1. The van der Waals surface area contributed by atoms with Gasteiger partial charge in [0.1, 0.15) is 11.2 Å². The maximum absolute atomic E-state index is 12.8. The van der Waals surface area contributed by atoms with Gasteiger partial charge in [-0.3, -0.25) is 4.79 Å². The van der Waals surface area contributed by atoms with E-state index in [0.29, 0.717) is 38.3 Å². The van der Waals surface area contributed by atoms with Gasteiger partial charge in [-0.05, 0) is 55.6 Å². The molecule has 0 bridgehead atoms. The van der Waals surface area contributed by atoms with Crippen molar-refractivity contribution in [3.05, 3.63) is 77.9 Å². The van der Waals surface area contributed by atoms with E-state index in [1.807, 2.05) is 30.3 Å². The fourth-order valence-corrected chi connectivity index (χ4v) is 5.80. The summed E-state index contributed by atoms with van der Waals surface area (Å²) >= 11 is 0. The van der Waals surface area contributed by atoms with Gasteiger partial charge in [0.2, 0.25) is 0 Å². The van der Waals surface area contributed by atoms with Gasteiger partial charge in [-0.2, -0.15) is 0 Å². The zero-order valence-electron chi connectivity index (χ0n) is 25.1. The van der Waals surface area contributed by atoms with Crippen LogP contribution in [0.15, 0.2) is 66.7 Å². The SMILES string of the molecule is CCOC(=O)/C=C\C(=O)OC1(c2ccccc2)CCN(c2ccc(C3(OC(=O)CCC(C)C)CCNCC3)cc2)CC1. The maximum Gasteiger partial charge on any atom is 0.331 e. The topological polar surface area (TPSA) is 94.2 Å². The predicted octanol–water partition coefficient (Wildman–Crippen LogP) is 5.40. The van der Waals surface area contributed by atoms with E-state index < -0.39 is 23.1 Å². The highest BCUT2D eigenvalue weighted by Crippen LogP contribution is 2.40. The Labute approximate surface area is 249 Å². The van der Waals surface area contributed by atoms with Crippen molar-refractivity contribution in [1.82, 2.24) is 5.32 Å². The summed E-state index contributed by atoms with van der Waals surface area (Å²) in [4.78, 5) is 39.5. The van der Waals surface area contributed by atoms with Crippen LogP contribution in [0, 0.1) is 5.92 Å². The second-order valence-corrected chi connectivity index (χ2v) is 11.6. The Bertz CT molecular complexity index is 1210. The fraction of sp³-hybridized carbons (Fsp3) is 0.500. The van der Waals surface area contributed by atoms with E-state index in [1.54, 1.807) is 6.92 Å². The molecule has 2 saturated heterocycles. The molecule has 0 aromatic heterocycles. The molecule has 0 spiro atoms. The van der Waals surface area contributed by atoms with Crippen molar-refractivity contribution in [3.63, 3.8) is 0 Å². The molecule has 0 aliphatic carbocycles.